The van der Waals surface area contributed by atoms with E-state index in [0.29, 0.717) is 19.6 Å². The van der Waals surface area contributed by atoms with Gasteiger partial charge in [0.05, 0.1) is 19.5 Å². The van der Waals surface area contributed by atoms with Crippen molar-refractivity contribution in [3.8, 4) is 5.75 Å². The topological polar surface area (TPSA) is 47.3 Å². The first-order chi connectivity index (χ1) is 9.69. The predicted octanol–water partition coefficient (Wildman–Crippen LogP) is 2.97. The molecule has 1 aromatic carbocycles. The first kappa shape index (κ1) is 14.6. The van der Waals surface area contributed by atoms with Gasteiger partial charge in [-0.3, -0.25) is 0 Å². The van der Waals surface area contributed by atoms with E-state index in [1.54, 1.807) is 12.5 Å². The van der Waals surface area contributed by atoms with Gasteiger partial charge in [0, 0.05) is 18.0 Å². The van der Waals surface area contributed by atoms with Crippen molar-refractivity contribution in [1.29, 1.82) is 0 Å². The van der Waals surface area contributed by atoms with E-state index in [0.717, 1.165) is 17.7 Å². The Labute approximate surface area is 120 Å². The molecule has 0 saturated carbocycles. The zero-order valence-electron chi connectivity index (χ0n) is 12.1. The van der Waals surface area contributed by atoms with E-state index in [4.69, 9.17) is 4.74 Å². The smallest absolute Gasteiger partial charge is 0.125 e. The maximum atomic E-state index is 11.1. The summed E-state index contributed by atoms with van der Waals surface area (Å²) in [5.41, 5.74) is -0.0984. The van der Waals surface area contributed by atoms with Crippen LogP contribution in [0.2, 0.25) is 0 Å². The molecule has 4 heteroatoms. The lowest BCUT2D eigenvalue weighted by Gasteiger charge is -2.30. The van der Waals surface area contributed by atoms with Gasteiger partial charge in [0.25, 0.3) is 0 Å². The van der Waals surface area contributed by atoms with Crippen molar-refractivity contribution in [3.63, 3.8) is 0 Å². The van der Waals surface area contributed by atoms with Crippen LogP contribution in [0.1, 0.15) is 32.3 Å². The van der Waals surface area contributed by atoms with Gasteiger partial charge in [0.1, 0.15) is 11.4 Å². The highest BCUT2D eigenvalue weighted by molar-refractivity contribution is 5.38. The summed E-state index contributed by atoms with van der Waals surface area (Å²) < 4.78 is 7.56. The number of aliphatic hydroxyl groups is 1. The normalized spacial score (nSPS) is 13.9. The Kier molecular flexibility index (Phi) is 4.79. The molecule has 1 unspecified atom stereocenters. The van der Waals surface area contributed by atoms with Crippen molar-refractivity contribution in [1.82, 2.24) is 9.55 Å². The molecule has 0 radical (unpaired) electrons. The number of hydrogen-bond acceptors (Lipinski definition) is 3. The molecule has 2 rings (SSSR count). The molecule has 1 heterocycles. The maximum Gasteiger partial charge on any atom is 0.125 e. The van der Waals surface area contributed by atoms with Gasteiger partial charge in [0.15, 0.2) is 0 Å². The van der Waals surface area contributed by atoms with Gasteiger partial charge in [-0.25, -0.2) is 4.98 Å². The molecule has 1 aromatic heterocycles. The molecular weight excluding hydrogens is 252 g/mol. The average molecular weight is 274 g/mol. The molecule has 20 heavy (non-hydrogen) atoms. The van der Waals surface area contributed by atoms with Crippen LogP contribution in [0.3, 0.4) is 0 Å². The fourth-order valence-electron chi connectivity index (χ4n) is 2.53. The largest absolute Gasteiger partial charge is 0.493 e. The van der Waals surface area contributed by atoms with E-state index in [9.17, 15) is 5.11 Å². The van der Waals surface area contributed by atoms with Gasteiger partial charge in [-0.15, -0.1) is 0 Å². The van der Waals surface area contributed by atoms with Crippen molar-refractivity contribution >= 4 is 0 Å². The SMILES string of the molecule is CCCC(O)(Cn1ccnc1)c1ccccc1OCC. The molecule has 0 bridgehead atoms. The molecule has 0 aliphatic heterocycles. The highest BCUT2D eigenvalue weighted by atomic mass is 16.5. The summed E-state index contributed by atoms with van der Waals surface area (Å²) in [5.74, 6) is 0.756. The Balaban J connectivity index is 2.36. The second-order valence-electron chi connectivity index (χ2n) is 4.95. The molecule has 0 saturated heterocycles. The van der Waals surface area contributed by atoms with E-state index < -0.39 is 5.60 Å². The van der Waals surface area contributed by atoms with Crippen LogP contribution in [0.25, 0.3) is 0 Å². The molecule has 4 nitrogen and oxygen atoms in total. The summed E-state index contributed by atoms with van der Waals surface area (Å²) in [6.45, 7) is 5.09. The molecule has 0 aliphatic carbocycles. The van der Waals surface area contributed by atoms with Crippen molar-refractivity contribution in [2.75, 3.05) is 6.61 Å². The summed E-state index contributed by atoms with van der Waals surface area (Å²) in [5, 5.41) is 11.1. The van der Waals surface area contributed by atoms with Crippen LogP contribution in [0, 0.1) is 0 Å². The lowest BCUT2D eigenvalue weighted by Crippen LogP contribution is -2.31. The number of ether oxygens (including phenoxy) is 1. The average Bonchev–Trinajstić information content (AvgIpc) is 2.92. The van der Waals surface area contributed by atoms with Crippen LogP contribution in [0.4, 0.5) is 0 Å². The van der Waals surface area contributed by atoms with Crippen LogP contribution >= 0.6 is 0 Å². The number of para-hydroxylation sites is 1. The standard InChI is InChI=1S/C16H22N2O2/c1-3-9-16(19,12-18-11-10-17-13-18)14-7-5-6-8-15(14)20-4-2/h5-8,10-11,13,19H,3-4,9,12H2,1-2H3. The highest BCUT2D eigenvalue weighted by Gasteiger charge is 2.31. The summed E-state index contributed by atoms with van der Waals surface area (Å²) in [7, 11) is 0. The number of rotatable bonds is 7. The quantitative estimate of drug-likeness (QED) is 0.844. The molecular formula is C16H22N2O2. The van der Waals surface area contributed by atoms with Crippen LogP contribution in [-0.2, 0) is 12.1 Å². The molecule has 0 amide bonds. The molecule has 0 fully saturated rings. The van der Waals surface area contributed by atoms with E-state index in [1.165, 1.54) is 0 Å². The minimum absolute atomic E-state index is 0.477. The third-order valence-corrected chi connectivity index (χ3v) is 3.36. The zero-order chi connectivity index (χ0) is 14.4. The Bertz CT molecular complexity index is 525. The summed E-state index contributed by atoms with van der Waals surface area (Å²) in [6, 6.07) is 7.72. The fraction of sp³-hybridized carbons (Fsp3) is 0.438. The van der Waals surface area contributed by atoms with Crippen molar-refractivity contribution < 1.29 is 9.84 Å². The maximum absolute atomic E-state index is 11.1. The number of nitrogens with zero attached hydrogens (tertiary/aromatic N) is 2. The second-order valence-corrected chi connectivity index (χ2v) is 4.95. The van der Waals surface area contributed by atoms with Gasteiger partial charge >= 0.3 is 0 Å². The number of benzene rings is 1. The predicted molar refractivity (Wildman–Crippen MR) is 78.6 cm³/mol. The number of aromatic nitrogens is 2. The second kappa shape index (κ2) is 6.57. The zero-order valence-corrected chi connectivity index (χ0v) is 12.1. The number of imidazole rings is 1. The van der Waals surface area contributed by atoms with Gasteiger partial charge in [-0.1, -0.05) is 31.5 Å². The molecule has 0 aliphatic rings. The molecule has 0 spiro atoms. The third kappa shape index (κ3) is 3.20. The van der Waals surface area contributed by atoms with E-state index in [2.05, 4.69) is 11.9 Å². The third-order valence-electron chi connectivity index (χ3n) is 3.36. The summed E-state index contributed by atoms with van der Waals surface area (Å²) in [6.07, 6.45) is 6.88. The summed E-state index contributed by atoms with van der Waals surface area (Å²) in [4.78, 5) is 4.04. The first-order valence-electron chi connectivity index (χ1n) is 7.10. The van der Waals surface area contributed by atoms with Gasteiger partial charge in [0.2, 0.25) is 0 Å². The summed E-state index contributed by atoms with van der Waals surface area (Å²) >= 11 is 0. The monoisotopic (exact) mass is 274 g/mol. The van der Waals surface area contributed by atoms with E-state index in [1.807, 2.05) is 42.0 Å². The van der Waals surface area contributed by atoms with Crippen LogP contribution < -0.4 is 4.74 Å². The lowest BCUT2D eigenvalue weighted by atomic mass is 9.88. The minimum Gasteiger partial charge on any atom is -0.493 e. The molecule has 2 aromatic rings. The molecule has 108 valence electrons. The Morgan fingerprint density at radius 3 is 2.75 bits per heavy atom. The Morgan fingerprint density at radius 1 is 1.30 bits per heavy atom. The van der Waals surface area contributed by atoms with Crippen molar-refractivity contribution in [2.45, 2.75) is 38.8 Å². The Morgan fingerprint density at radius 2 is 2.10 bits per heavy atom. The Hall–Kier alpha value is -1.81. The van der Waals surface area contributed by atoms with Gasteiger partial charge in [-0.2, -0.15) is 0 Å². The highest BCUT2D eigenvalue weighted by Crippen LogP contribution is 2.35. The fourth-order valence-corrected chi connectivity index (χ4v) is 2.53. The molecule has 1 N–H and O–H groups in total. The van der Waals surface area contributed by atoms with Crippen LogP contribution in [0.5, 0.6) is 5.75 Å². The number of hydrogen-bond donors (Lipinski definition) is 1. The van der Waals surface area contributed by atoms with Gasteiger partial charge in [-0.05, 0) is 19.4 Å². The van der Waals surface area contributed by atoms with Gasteiger partial charge < -0.3 is 14.4 Å². The minimum atomic E-state index is -0.943. The van der Waals surface area contributed by atoms with Crippen molar-refractivity contribution in [3.05, 3.63) is 48.5 Å². The lowest BCUT2D eigenvalue weighted by molar-refractivity contribution is 0.00639. The van der Waals surface area contributed by atoms with Crippen molar-refractivity contribution in [2.24, 2.45) is 0 Å². The molecule has 1 atom stereocenters. The van der Waals surface area contributed by atoms with Crippen LogP contribution in [-0.4, -0.2) is 21.3 Å². The van der Waals surface area contributed by atoms with E-state index in [-0.39, 0.29) is 0 Å². The van der Waals surface area contributed by atoms with Crippen LogP contribution in [0.15, 0.2) is 43.0 Å². The van der Waals surface area contributed by atoms with E-state index >= 15 is 0 Å². The first-order valence-corrected chi connectivity index (χ1v) is 7.10.